The van der Waals surface area contributed by atoms with Crippen molar-refractivity contribution in [1.29, 1.82) is 0 Å². The summed E-state index contributed by atoms with van der Waals surface area (Å²) in [5.74, 6) is 0. The largest absolute Gasteiger partial charge is 0.341 e. The van der Waals surface area contributed by atoms with Gasteiger partial charge in [-0.15, -0.1) is 0 Å². The molecule has 0 amide bonds. The molecule has 0 spiro atoms. The monoisotopic (exact) mass is 523 g/mol. The zero-order valence-electron chi connectivity index (χ0n) is 14.8. The molecule has 0 aliphatic heterocycles. The standard InChI is InChI=1S/4C4H6N2.Pt/c4*1-6-3-2-5-4-6;/h4*2-4H,1H3;. The molecule has 0 unspecified atom stereocenters. The van der Waals surface area contributed by atoms with Crippen LogP contribution in [0.5, 0.6) is 0 Å². The van der Waals surface area contributed by atoms with Crippen LogP contribution in [0.15, 0.2) is 74.9 Å². The van der Waals surface area contributed by atoms with Gasteiger partial charge in [0, 0.05) is 98.8 Å². The van der Waals surface area contributed by atoms with Gasteiger partial charge in [0.2, 0.25) is 0 Å². The molecule has 0 aliphatic carbocycles. The van der Waals surface area contributed by atoms with E-state index in [1.54, 1.807) is 50.1 Å². The van der Waals surface area contributed by atoms with Gasteiger partial charge in [0.05, 0.1) is 25.3 Å². The van der Waals surface area contributed by atoms with Gasteiger partial charge < -0.3 is 18.3 Å². The molecule has 0 N–H and O–H groups in total. The van der Waals surface area contributed by atoms with Crippen LogP contribution in [0.4, 0.5) is 0 Å². The van der Waals surface area contributed by atoms with Crippen molar-refractivity contribution < 1.29 is 21.1 Å². The number of aryl methyl sites for hydroxylation is 4. The molecule has 4 rings (SSSR count). The Balaban J connectivity index is 0.000000303. The molecule has 4 aromatic heterocycles. The summed E-state index contributed by atoms with van der Waals surface area (Å²) in [6, 6.07) is 0. The Morgan fingerprint density at radius 2 is 0.640 bits per heavy atom. The summed E-state index contributed by atoms with van der Waals surface area (Å²) < 4.78 is 7.56. The molecule has 0 fully saturated rings. The van der Waals surface area contributed by atoms with Gasteiger partial charge in [-0.2, -0.15) is 0 Å². The first-order chi connectivity index (χ1) is 11.6. The van der Waals surface area contributed by atoms with Crippen LogP contribution in [-0.2, 0) is 49.3 Å². The van der Waals surface area contributed by atoms with Crippen molar-refractivity contribution in [2.24, 2.45) is 28.2 Å². The fraction of sp³-hybridized carbons (Fsp3) is 0.250. The topological polar surface area (TPSA) is 71.3 Å². The maximum Gasteiger partial charge on any atom is 0.0943 e. The Kier molecular flexibility index (Phi) is 12.5. The molecule has 25 heavy (non-hydrogen) atoms. The van der Waals surface area contributed by atoms with Gasteiger partial charge in [-0.3, -0.25) is 0 Å². The van der Waals surface area contributed by atoms with Crippen molar-refractivity contribution in [1.82, 2.24) is 38.2 Å². The van der Waals surface area contributed by atoms with Crippen LogP contribution in [0.2, 0.25) is 0 Å². The third-order valence-electron chi connectivity index (χ3n) is 2.55. The average Bonchev–Trinajstić information content (AvgIpc) is 3.31. The summed E-state index contributed by atoms with van der Waals surface area (Å²) in [6.45, 7) is 0. The van der Waals surface area contributed by atoms with E-state index in [1.165, 1.54) is 0 Å². The Labute approximate surface area is 162 Å². The maximum absolute atomic E-state index is 3.78. The Hall–Kier alpha value is -2.47. The Bertz CT molecular complexity index is 571. The Morgan fingerprint density at radius 3 is 0.680 bits per heavy atom. The fourth-order valence-electron chi connectivity index (χ4n) is 1.30. The van der Waals surface area contributed by atoms with Gasteiger partial charge in [-0.05, 0) is 0 Å². The molecule has 0 saturated heterocycles. The van der Waals surface area contributed by atoms with E-state index in [9.17, 15) is 0 Å². The zero-order chi connectivity index (χ0) is 17.6. The number of rotatable bonds is 0. The predicted octanol–water partition coefficient (Wildman–Crippen LogP) is 1.68. The van der Waals surface area contributed by atoms with Crippen LogP contribution in [0, 0.1) is 0 Å². The minimum absolute atomic E-state index is 0. The summed E-state index contributed by atoms with van der Waals surface area (Å²) in [7, 11) is 7.75. The number of hydrogen-bond donors (Lipinski definition) is 0. The minimum atomic E-state index is 0. The molecule has 0 aromatic carbocycles. The summed E-state index contributed by atoms with van der Waals surface area (Å²) in [5.41, 5.74) is 0. The van der Waals surface area contributed by atoms with Crippen molar-refractivity contribution in [2.45, 2.75) is 0 Å². The Morgan fingerprint density at radius 1 is 0.440 bits per heavy atom. The second kappa shape index (κ2) is 13.9. The second-order valence-electron chi connectivity index (χ2n) is 4.91. The van der Waals surface area contributed by atoms with E-state index in [0.29, 0.717) is 0 Å². The van der Waals surface area contributed by atoms with E-state index in [2.05, 4.69) is 19.9 Å². The molecule has 4 heterocycles. The van der Waals surface area contributed by atoms with Gasteiger partial charge in [0.25, 0.3) is 0 Å². The molecule has 0 atom stereocenters. The fourth-order valence-corrected chi connectivity index (χ4v) is 1.30. The summed E-state index contributed by atoms with van der Waals surface area (Å²) in [4.78, 5) is 15.1. The number of hydrogen-bond acceptors (Lipinski definition) is 4. The smallest absolute Gasteiger partial charge is 0.0943 e. The summed E-state index contributed by atoms with van der Waals surface area (Å²) >= 11 is 0. The third-order valence-corrected chi connectivity index (χ3v) is 2.55. The molecular weight excluding hydrogens is 499 g/mol. The SMILES string of the molecule is Cn1ccnc1.Cn1ccnc1.Cn1ccnc1.Cn1ccnc1.[Pt]. The predicted molar refractivity (Wildman–Crippen MR) is 92.8 cm³/mol. The molecule has 0 aliphatic rings. The van der Waals surface area contributed by atoms with Gasteiger partial charge in [0.15, 0.2) is 0 Å². The van der Waals surface area contributed by atoms with E-state index < -0.39 is 0 Å². The summed E-state index contributed by atoms with van der Waals surface area (Å²) in [5, 5.41) is 0. The van der Waals surface area contributed by atoms with E-state index in [1.807, 2.05) is 71.2 Å². The molecule has 0 saturated carbocycles. The third kappa shape index (κ3) is 12.6. The van der Waals surface area contributed by atoms with Crippen LogP contribution < -0.4 is 0 Å². The quantitative estimate of drug-likeness (QED) is 0.352. The number of aromatic nitrogens is 8. The first-order valence-electron chi connectivity index (χ1n) is 7.25. The normalized spacial score (nSPS) is 8.48. The van der Waals surface area contributed by atoms with Gasteiger partial charge >= 0.3 is 0 Å². The molecule has 0 radical (unpaired) electrons. The van der Waals surface area contributed by atoms with Crippen molar-refractivity contribution >= 4 is 0 Å². The average molecular weight is 524 g/mol. The van der Waals surface area contributed by atoms with E-state index in [4.69, 9.17) is 0 Å². The molecular formula is C16H24N8Pt. The van der Waals surface area contributed by atoms with Crippen LogP contribution in [0.1, 0.15) is 0 Å². The van der Waals surface area contributed by atoms with Crippen LogP contribution in [-0.4, -0.2) is 38.2 Å². The summed E-state index contributed by atoms with van der Waals surface area (Å²) in [6.07, 6.45) is 21.6. The van der Waals surface area contributed by atoms with Crippen molar-refractivity contribution in [3.63, 3.8) is 0 Å². The first kappa shape index (κ1) is 22.5. The first-order valence-corrected chi connectivity index (χ1v) is 7.25. The van der Waals surface area contributed by atoms with Gasteiger partial charge in [-0.1, -0.05) is 0 Å². The second-order valence-corrected chi connectivity index (χ2v) is 4.91. The zero-order valence-corrected chi connectivity index (χ0v) is 17.1. The number of imidazole rings is 4. The van der Waals surface area contributed by atoms with Crippen LogP contribution >= 0.6 is 0 Å². The van der Waals surface area contributed by atoms with Crippen LogP contribution in [0.3, 0.4) is 0 Å². The molecule has 0 bridgehead atoms. The van der Waals surface area contributed by atoms with Gasteiger partial charge in [0.1, 0.15) is 0 Å². The van der Waals surface area contributed by atoms with Crippen LogP contribution in [0.25, 0.3) is 0 Å². The van der Waals surface area contributed by atoms with Crippen molar-refractivity contribution in [3.05, 3.63) is 74.9 Å². The van der Waals surface area contributed by atoms with E-state index >= 15 is 0 Å². The molecule has 9 heteroatoms. The molecule has 4 aromatic rings. The maximum atomic E-state index is 3.78. The minimum Gasteiger partial charge on any atom is -0.341 e. The molecule has 138 valence electrons. The van der Waals surface area contributed by atoms with Gasteiger partial charge in [-0.25, -0.2) is 19.9 Å². The van der Waals surface area contributed by atoms with E-state index in [0.717, 1.165) is 0 Å². The van der Waals surface area contributed by atoms with E-state index in [-0.39, 0.29) is 21.1 Å². The molecule has 8 nitrogen and oxygen atoms in total. The van der Waals surface area contributed by atoms with Crippen molar-refractivity contribution in [2.75, 3.05) is 0 Å². The number of nitrogens with zero attached hydrogens (tertiary/aromatic N) is 8. The van der Waals surface area contributed by atoms with Crippen molar-refractivity contribution in [3.8, 4) is 0 Å².